The Balaban J connectivity index is 1.63. The number of hydrogen-bond acceptors (Lipinski definition) is 3. The number of para-hydroxylation sites is 2. The van der Waals surface area contributed by atoms with Gasteiger partial charge in [-0.15, -0.1) is 0 Å². The van der Waals surface area contributed by atoms with Gasteiger partial charge in [0, 0.05) is 11.4 Å². The van der Waals surface area contributed by atoms with Gasteiger partial charge in [0.25, 0.3) is 5.91 Å². The lowest BCUT2D eigenvalue weighted by molar-refractivity contribution is -0.141. The Morgan fingerprint density at radius 2 is 1.44 bits per heavy atom. The smallest absolute Gasteiger partial charge is 0.306 e. The van der Waals surface area contributed by atoms with Crippen molar-refractivity contribution in [3.05, 3.63) is 88.4 Å². The first-order chi connectivity index (χ1) is 15.5. The number of carbonyl (C=O) groups excluding carboxylic acids is 1. The fraction of sp³-hybridized carbons (Fsp3) is 0.200. The van der Waals surface area contributed by atoms with E-state index in [0.29, 0.717) is 36.4 Å². The van der Waals surface area contributed by atoms with Gasteiger partial charge in [0.2, 0.25) is 0 Å². The van der Waals surface area contributed by atoms with Gasteiger partial charge in [-0.05, 0) is 55.7 Å². The molecule has 0 spiro atoms. The van der Waals surface area contributed by atoms with Crippen molar-refractivity contribution in [1.29, 1.82) is 0 Å². The van der Waals surface area contributed by atoms with Crippen molar-refractivity contribution in [1.82, 2.24) is 0 Å². The Hall–Kier alpha value is -3.02. The fourth-order valence-corrected chi connectivity index (χ4v) is 4.34. The van der Waals surface area contributed by atoms with Crippen LogP contribution in [0.2, 0.25) is 10.0 Å². The Bertz CT molecular complexity index is 1080. The summed E-state index contributed by atoms with van der Waals surface area (Å²) in [6, 6.07) is 21.8. The number of nitrogens with zero attached hydrogens (tertiary/aromatic N) is 1. The largest absolute Gasteiger partial charge is 0.489 e. The van der Waals surface area contributed by atoms with E-state index in [4.69, 9.17) is 27.9 Å². The molecule has 0 unspecified atom stereocenters. The van der Waals surface area contributed by atoms with E-state index in [2.05, 4.69) is 0 Å². The standard InChI is InChI=1S/C25H21Cl2NO4/c26-22-20(13-14-21(23(22)27)32-19-12-11-16(15-19)25(30)31)24(29)28(17-7-3-1-4-8-17)18-9-5-2-6-10-18/h1-10,13-14,16,19H,11-12,15H2,(H,30,31)/t16-,19-/m0/s1. The maximum Gasteiger partial charge on any atom is 0.306 e. The molecule has 5 nitrogen and oxygen atoms in total. The van der Waals surface area contributed by atoms with E-state index in [1.54, 1.807) is 17.0 Å². The predicted molar refractivity (Wildman–Crippen MR) is 125 cm³/mol. The zero-order valence-electron chi connectivity index (χ0n) is 17.1. The van der Waals surface area contributed by atoms with Gasteiger partial charge in [-0.25, -0.2) is 0 Å². The SMILES string of the molecule is O=C(O)[C@H]1CC[C@H](Oc2ccc(C(=O)N(c3ccccc3)c3ccccc3)c(Cl)c2Cl)C1. The normalized spacial score (nSPS) is 17.7. The summed E-state index contributed by atoms with van der Waals surface area (Å²) < 4.78 is 5.93. The van der Waals surface area contributed by atoms with Crippen LogP contribution in [0.4, 0.5) is 11.4 Å². The summed E-state index contributed by atoms with van der Waals surface area (Å²) in [6.07, 6.45) is 1.35. The van der Waals surface area contributed by atoms with E-state index in [1.165, 1.54) is 0 Å². The molecule has 7 heteroatoms. The van der Waals surface area contributed by atoms with Crippen LogP contribution in [0, 0.1) is 5.92 Å². The van der Waals surface area contributed by atoms with Crippen molar-refractivity contribution < 1.29 is 19.4 Å². The van der Waals surface area contributed by atoms with Crippen LogP contribution in [0.15, 0.2) is 72.8 Å². The van der Waals surface area contributed by atoms with Crippen LogP contribution in [-0.4, -0.2) is 23.1 Å². The van der Waals surface area contributed by atoms with Gasteiger partial charge < -0.3 is 9.84 Å². The molecule has 1 saturated carbocycles. The average Bonchev–Trinajstić information content (AvgIpc) is 3.28. The third kappa shape index (κ3) is 4.59. The van der Waals surface area contributed by atoms with Gasteiger partial charge in [0.05, 0.1) is 22.6 Å². The maximum absolute atomic E-state index is 13.6. The van der Waals surface area contributed by atoms with E-state index < -0.39 is 11.9 Å². The molecule has 0 bridgehead atoms. The summed E-state index contributed by atoms with van der Waals surface area (Å²) in [5, 5.41) is 9.42. The predicted octanol–water partition coefficient (Wildman–Crippen LogP) is 6.60. The molecule has 0 aliphatic heterocycles. The number of aliphatic carboxylic acids is 1. The Labute approximate surface area is 196 Å². The number of amides is 1. The number of anilines is 2. The lowest BCUT2D eigenvalue weighted by atomic mass is 10.1. The van der Waals surface area contributed by atoms with Crippen LogP contribution in [0.3, 0.4) is 0 Å². The molecule has 1 aliphatic rings. The zero-order chi connectivity index (χ0) is 22.7. The maximum atomic E-state index is 13.6. The molecule has 2 atom stereocenters. The van der Waals surface area contributed by atoms with E-state index in [1.807, 2.05) is 60.7 Å². The van der Waals surface area contributed by atoms with Crippen molar-refractivity contribution in [2.45, 2.75) is 25.4 Å². The average molecular weight is 470 g/mol. The van der Waals surface area contributed by atoms with Gasteiger partial charge in [0.1, 0.15) is 10.8 Å². The molecular weight excluding hydrogens is 449 g/mol. The Morgan fingerprint density at radius 3 is 1.97 bits per heavy atom. The molecule has 1 N–H and O–H groups in total. The second-order valence-electron chi connectivity index (χ2n) is 7.64. The molecule has 0 saturated heterocycles. The molecule has 4 rings (SSSR count). The van der Waals surface area contributed by atoms with Crippen molar-refractivity contribution in [3.63, 3.8) is 0 Å². The summed E-state index contributed by atoms with van der Waals surface area (Å²) in [4.78, 5) is 26.3. The highest BCUT2D eigenvalue weighted by atomic mass is 35.5. The zero-order valence-corrected chi connectivity index (χ0v) is 18.6. The number of benzene rings is 3. The van der Waals surface area contributed by atoms with Gasteiger partial charge in [-0.1, -0.05) is 59.6 Å². The van der Waals surface area contributed by atoms with Crippen LogP contribution in [0.1, 0.15) is 29.6 Å². The molecule has 1 fully saturated rings. The van der Waals surface area contributed by atoms with Crippen molar-refractivity contribution in [3.8, 4) is 5.75 Å². The summed E-state index contributed by atoms with van der Waals surface area (Å²) in [6.45, 7) is 0. The first kappa shape index (κ1) is 22.2. The van der Waals surface area contributed by atoms with Crippen LogP contribution >= 0.6 is 23.2 Å². The third-order valence-corrected chi connectivity index (χ3v) is 6.40. The number of carboxylic acid groups (broad SMARTS) is 1. The Morgan fingerprint density at radius 1 is 0.844 bits per heavy atom. The second kappa shape index (κ2) is 9.63. The minimum atomic E-state index is -0.817. The van der Waals surface area contributed by atoms with Gasteiger partial charge in [0.15, 0.2) is 0 Å². The minimum absolute atomic E-state index is 0.0961. The van der Waals surface area contributed by atoms with Crippen LogP contribution in [0.5, 0.6) is 5.75 Å². The highest BCUT2D eigenvalue weighted by molar-refractivity contribution is 6.45. The third-order valence-electron chi connectivity index (χ3n) is 5.54. The number of carboxylic acids is 1. The molecule has 164 valence electrons. The number of ether oxygens (including phenoxy) is 1. The minimum Gasteiger partial charge on any atom is -0.489 e. The lowest BCUT2D eigenvalue weighted by Gasteiger charge is -2.24. The van der Waals surface area contributed by atoms with Crippen molar-refractivity contribution >= 4 is 46.5 Å². The summed E-state index contributed by atoms with van der Waals surface area (Å²) >= 11 is 13.0. The van der Waals surface area contributed by atoms with Gasteiger partial charge in [-0.2, -0.15) is 0 Å². The van der Waals surface area contributed by atoms with Gasteiger partial charge in [-0.3, -0.25) is 14.5 Å². The molecule has 1 amide bonds. The van der Waals surface area contributed by atoms with Crippen LogP contribution in [0.25, 0.3) is 0 Å². The van der Waals surface area contributed by atoms with E-state index >= 15 is 0 Å². The Kier molecular flexibility index (Phi) is 6.68. The number of hydrogen-bond donors (Lipinski definition) is 1. The molecule has 0 heterocycles. The quantitative estimate of drug-likeness (QED) is 0.441. The molecule has 3 aromatic carbocycles. The topological polar surface area (TPSA) is 66.8 Å². The number of carbonyl (C=O) groups is 2. The molecule has 1 aliphatic carbocycles. The highest BCUT2D eigenvalue weighted by Gasteiger charge is 2.32. The number of halogens is 2. The van der Waals surface area contributed by atoms with E-state index in [9.17, 15) is 14.7 Å². The summed E-state index contributed by atoms with van der Waals surface area (Å²) in [5.41, 5.74) is 1.63. The molecule has 0 aromatic heterocycles. The summed E-state index contributed by atoms with van der Waals surface area (Å²) in [7, 11) is 0. The fourth-order valence-electron chi connectivity index (χ4n) is 3.90. The molecule has 32 heavy (non-hydrogen) atoms. The van der Waals surface area contributed by atoms with Crippen molar-refractivity contribution in [2.75, 3.05) is 4.90 Å². The monoisotopic (exact) mass is 469 g/mol. The van der Waals surface area contributed by atoms with Gasteiger partial charge >= 0.3 is 5.97 Å². The lowest BCUT2D eigenvalue weighted by Crippen LogP contribution is -2.26. The van der Waals surface area contributed by atoms with E-state index in [-0.39, 0.29) is 27.6 Å². The highest BCUT2D eigenvalue weighted by Crippen LogP contribution is 2.39. The number of rotatable bonds is 6. The van der Waals surface area contributed by atoms with E-state index in [0.717, 1.165) is 0 Å². The molecular formula is C25H21Cl2NO4. The molecule has 3 aromatic rings. The first-order valence-corrected chi connectivity index (χ1v) is 11.0. The van der Waals surface area contributed by atoms with Crippen LogP contribution < -0.4 is 9.64 Å². The molecule has 0 radical (unpaired) electrons. The first-order valence-electron chi connectivity index (χ1n) is 10.3. The summed E-state index contributed by atoms with van der Waals surface area (Å²) in [5.74, 6) is -1.22. The second-order valence-corrected chi connectivity index (χ2v) is 8.39. The van der Waals surface area contributed by atoms with Crippen molar-refractivity contribution in [2.24, 2.45) is 5.92 Å². The van der Waals surface area contributed by atoms with Crippen LogP contribution in [-0.2, 0) is 4.79 Å².